The minimum atomic E-state index is -0.0363. The Balaban J connectivity index is 1.79. The van der Waals surface area contributed by atoms with Gasteiger partial charge in [0.15, 0.2) is 0 Å². The van der Waals surface area contributed by atoms with Gasteiger partial charge in [-0.2, -0.15) is 0 Å². The fourth-order valence-corrected chi connectivity index (χ4v) is 2.16. The number of rotatable bonds is 7. The summed E-state index contributed by atoms with van der Waals surface area (Å²) < 4.78 is 0. The van der Waals surface area contributed by atoms with Gasteiger partial charge in [-0.15, -0.1) is 0 Å². The molecule has 1 aliphatic rings. The van der Waals surface area contributed by atoms with Crippen molar-refractivity contribution in [1.29, 1.82) is 0 Å². The van der Waals surface area contributed by atoms with Crippen molar-refractivity contribution in [3.63, 3.8) is 0 Å². The molecule has 0 atom stereocenters. The zero-order chi connectivity index (χ0) is 13.7. The number of nitrogens with one attached hydrogen (secondary N) is 2. The molecule has 0 spiro atoms. The van der Waals surface area contributed by atoms with E-state index < -0.39 is 0 Å². The molecule has 5 nitrogen and oxygen atoms in total. The zero-order valence-corrected chi connectivity index (χ0v) is 11.6. The lowest BCUT2D eigenvalue weighted by Crippen LogP contribution is -2.36. The summed E-state index contributed by atoms with van der Waals surface area (Å²) in [4.78, 5) is 18.5. The highest BCUT2D eigenvalue weighted by atomic mass is 16.1. The highest BCUT2D eigenvalue weighted by Gasteiger charge is 2.27. The van der Waals surface area contributed by atoms with Crippen molar-refractivity contribution in [2.75, 3.05) is 32.0 Å². The third-order valence-electron chi connectivity index (χ3n) is 3.43. The monoisotopic (exact) mass is 262 g/mol. The van der Waals surface area contributed by atoms with E-state index in [9.17, 15) is 4.79 Å². The fourth-order valence-electron chi connectivity index (χ4n) is 2.16. The van der Waals surface area contributed by atoms with Gasteiger partial charge in [-0.3, -0.25) is 9.69 Å². The van der Waals surface area contributed by atoms with Gasteiger partial charge in [0.2, 0.25) is 0 Å². The smallest absolute Gasteiger partial charge is 0.251 e. The molecule has 0 unspecified atom stereocenters. The largest absolute Gasteiger partial charge is 0.373 e. The van der Waals surface area contributed by atoms with E-state index in [1.807, 2.05) is 0 Å². The molecule has 1 fully saturated rings. The molecular weight excluding hydrogens is 240 g/mol. The summed E-state index contributed by atoms with van der Waals surface area (Å²) in [6.45, 7) is 4.85. The summed E-state index contributed by atoms with van der Waals surface area (Å²) >= 11 is 0. The molecule has 5 heteroatoms. The maximum Gasteiger partial charge on any atom is 0.251 e. The average Bonchev–Trinajstić information content (AvgIpc) is 3.28. The maximum absolute atomic E-state index is 12.0. The molecule has 0 saturated heterocycles. The van der Waals surface area contributed by atoms with Crippen LogP contribution in [0.4, 0.5) is 5.82 Å². The van der Waals surface area contributed by atoms with E-state index in [0.29, 0.717) is 17.9 Å². The van der Waals surface area contributed by atoms with Crippen molar-refractivity contribution in [3.8, 4) is 0 Å². The van der Waals surface area contributed by atoms with E-state index in [1.54, 1.807) is 25.4 Å². The van der Waals surface area contributed by atoms with Crippen LogP contribution in [0.15, 0.2) is 18.3 Å². The third kappa shape index (κ3) is 3.92. The van der Waals surface area contributed by atoms with Crippen LogP contribution in [0.3, 0.4) is 0 Å². The summed E-state index contributed by atoms with van der Waals surface area (Å²) in [6.07, 6.45) is 4.25. The van der Waals surface area contributed by atoms with Crippen LogP contribution < -0.4 is 10.6 Å². The molecule has 1 heterocycles. The van der Waals surface area contributed by atoms with Crippen molar-refractivity contribution in [3.05, 3.63) is 23.9 Å². The second-order valence-electron chi connectivity index (χ2n) is 4.80. The Bertz CT molecular complexity index is 431. The lowest BCUT2D eigenvalue weighted by molar-refractivity contribution is 0.0948. The van der Waals surface area contributed by atoms with Crippen LogP contribution in [0.2, 0.25) is 0 Å². The summed E-state index contributed by atoms with van der Waals surface area (Å²) in [5, 5.41) is 5.89. The first-order valence-corrected chi connectivity index (χ1v) is 6.90. The lowest BCUT2D eigenvalue weighted by atomic mass is 10.2. The van der Waals surface area contributed by atoms with Gasteiger partial charge >= 0.3 is 0 Å². The molecule has 19 heavy (non-hydrogen) atoms. The van der Waals surface area contributed by atoms with E-state index >= 15 is 0 Å². The van der Waals surface area contributed by atoms with Crippen LogP contribution in [-0.4, -0.2) is 48.5 Å². The number of nitrogens with zero attached hydrogens (tertiary/aromatic N) is 2. The van der Waals surface area contributed by atoms with Crippen LogP contribution in [-0.2, 0) is 0 Å². The van der Waals surface area contributed by atoms with Gasteiger partial charge in [0.1, 0.15) is 5.82 Å². The van der Waals surface area contributed by atoms with Gasteiger partial charge < -0.3 is 10.6 Å². The van der Waals surface area contributed by atoms with E-state index in [2.05, 4.69) is 27.4 Å². The molecular formula is C14H22N4O. The average molecular weight is 262 g/mol. The molecule has 2 N–H and O–H groups in total. The minimum Gasteiger partial charge on any atom is -0.373 e. The normalized spacial score (nSPS) is 14.5. The Morgan fingerprint density at radius 1 is 1.53 bits per heavy atom. The number of likely N-dealkylation sites (N-methyl/N-ethyl adjacent to an activating group) is 1. The van der Waals surface area contributed by atoms with Gasteiger partial charge in [-0.1, -0.05) is 6.92 Å². The first-order chi connectivity index (χ1) is 9.24. The number of pyridine rings is 1. The number of amides is 1. The fraction of sp³-hybridized carbons (Fsp3) is 0.571. The summed E-state index contributed by atoms with van der Waals surface area (Å²) in [7, 11) is 1.79. The summed E-state index contributed by atoms with van der Waals surface area (Å²) in [6, 6.07) is 4.24. The molecule has 0 radical (unpaired) electrons. The molecule has 0 bridgehead atoms. The summed E-state index contributed by atoms with van der Waals surface area (Å²) in [5.41, 5.74) is 0.647. The molecule has 1 amide bonds. The first kappa shape index (κ1) is 13.8. The third-order valence-corrected chi connectivity index (χ3v) is 3.43. The summed E-state index contributed by atoms with van der Waals surface area (Å²) in [5.74, 6) is 0.673. The number of hydrogen-bond donors (Lipinski definition) is 2. The highest BCUT2D eigenvalue weighted by Crippen LogP contribution is 2.25. The molecule has 0 aromatic carbocycles. The van der Waals surface area contributed by atoms with Gasteiger partial charge in [0.25, 0.3) is 5.91 Å². The lowest BCUT2D eigenvalue weighted by Gasteiger charge is -2.19. The van der Waals surface area contributed by atoms with Crippen LogP contribution in [0, 0.1) is 0 Å². The quantitative estimate of drug-likeness (QED) is 0.778. The van der Waals surface area contributed by atoms with Gasteiger partial charge in [-0.05, 0) is 31.5 Å². The molecule has 1 saturated carbocycles. The molecule has 2 rings (SSSR count). The Morgan fingerprint density at radius 2 is 2.32 bits per heavy atom. The van der Waals surface area contributed by atoms with Crippen LogP contribution in [0.25, 0.3) is 0 Å². The van der Waals surface area contributed by atoms with E-state index in [-0.39, 0.29) is 5.91 Å². The number of hydrogen-bond acceptors (Lipinski definition) is 4. The van der Waals surface area contributed by atoms with Crippen LogP contribution in [0.5, 0.6) is 0 Å². The predicted octanol–water partition coefficient (Wildman–Crippen LogP) is 1.34. The SMILES string of the molecule is CCN(CCNC(=O)c1ccnc(NC)c1)C1CC1. The highest BCUT2D eigenvalue weighted by molar-refractivity contribution is 5.94. The van der Waals surface area contributed by atoms with Gasteiger partial charge in [0.05, 0.1) is 0 Å². The van der Waals surface area contributed by atoms with Crippen molar-refractivity contribution in [2.45, 2.75) is 25.8 Å². The molecule has 104 valence electrons. The minimum absolute atomic E-state index is 0.0363. The maximum atomic E-state index is 12.0. The standard InChI is InChI=1S/C14H22N4O/c1-3-18(12-4-5-12)9-8-17-14(19)11-6-7-16-13(10-11)15-2/h6-7,10,12H,3-5,8-9H2,1-2H3,(H,15,16)(H,17,19). The molecule has 1 aromatic rings. The number of carbonyl (C=O) groups excluding carboxylic acids is 1. The Labute approximate surface area is 114 Å². The van der Waals surface area contributed by atoms with E-state index in [1.165, 1.54) is 12.8 Å². The predicted molar refractivity (Wildman–Crippen MR) is 76.4 cm³/mol. The van der Waals surface area contributed by atoms with Crippen LogP contribution >= 0.6 is 0 Å². The number of anilines is 1. The second kappa shape index (κ2) is 6.52. The number of aromatic nitrogens is 1. The van der Waals surface area contributed by atoms with E-state index in [0.717, 1.165) is 19.1 Å². The van der Waals surface area contributed by atoms with Crippen molar-refractivity contribution >= 4 is 11.7 Å². The Hall–Kier alpha value is -1.62. The molecule has 0 aliphatic heterocycles. The van der Waals surface area contributed by atoms with Gasteiger partial charge in [0, 0.05) is 37.9 Å². The molecule has 1 aromatic heterocycles. The second-order valence-corrected chi connectivity index (χ2v) is 4.80. The van der Waals surface area contributed by atoms with Crippen molar-refractivity contribution < 1.29 is 4.79 Å². The Morgan fingerprint density at radius 3 is 2.95 bits per heavy atom. The van der Waals surface area contributed by atoms with Crippen molar-refractivity contribution in [1.82, 2.24) is 15.2 Å². The molecule has 1 aliphatic carbocycles. The van der Waals surface area contributed by atoms with E-state index in [4.69, 9.17) is 0 Å². The number of carbonyl (C=O) groups is 1. The Kier molecular flexibility index (Phi) is 4.74. The van der Waals surface area contributed by atoms with Crippen molar-refractivity contribution in [2.24, 2.45) is 0 Å². The first-order valence-electron chi connectivity index (χ1n) is 6.90. The van der Waals surface area contributed by atoms with Crippen LogP contribution in [0.1, 0.15) is 30.1 Å². The topological polar surface area (TPSA) is 57.3 Å². The zero-order valence-electron chi connectivity index (χ0n) is 11.6. The van der Waals surface area contributed by atoms with Gasteiger partial charge in [-0.25, -0.2) is 4.98 Å².